The van der Waals surface area contributed by atoms with E-state index in [4.69, 9.17) is 34.8 Å². The van der Waals surface area contributed by atoms with Crippen LogP contribution in [0.15, 0.2) is 12.1 Å². The highest BCUT2D eigenvalue weighted by molar-refractivity contribution is 6.48. The molecule has 0 radical (unpaired) electrons. The monoisotopic (exact) mass is 240 g/mol. The molecule has 0 heterocycles. The summed E-state index contributed by atoms with van der Waals surface area (Å²) < 4.78 is 0. The highest BCUT2D eigenvalue weighted by Crippen LogP contribution is 2.32. The van der Waals surface area contributed by atoms with Gasteiger partial charge >= 0.3 is 0 Å². The minimum atomic E-state index is -0.712. The average Bonchev–Trinajstić information content (AvgIpc) is 1.98. The van der Waals surface area contributed by atoms with Crippen molar-refractivity contribution in [1.29, 1.82) is 0 Å². The van der Waals surface area contributed by atoms with Gasteiger partial charge in [-0.15, -0.1) is 5.43 Å². The summed E-state index contributed by atoms with van der Waals surface area (Å²) in [5.74, 6) is 0. The second-order valence-electron chi connectivity index (χ2n) is 2.12. The number of rotatable bonds is 2. The van der Waals surface area contributed by atoms with Crippen LogP contribution < -0.4 is 5.43 Å². The predicted octanol–water partition coefficient (Wildman–Crippen LogP) is 3.25. The summed E-state index contributed by atoms with van der Waals surface area (Å²) >= 11 is 16.9. The van der Waals surface area contributed by atoms with E-state index in [9.17, 15) is 10.1 Å². The molecule has 0 aromatic heterocycles. The van der Waals surface area contributed by atoms with Gasteiger partial charge in [0.15, 0.2) is 5.03 Å². The Balaban J connectivity index is 3.06. The summed E-state index contributed by atoms with van der Waals surface area (Å²) in [6.07, 6.45) is 0. The molecule has 0 saturated carbocycles. The fraction of sp³-hybridized carbons (Fsp3) is 0. The van der Waals surface area contributed by atoms with Gasteiger partial charge in [-0.1, -0.05) is 34.8 Å². The molecule has 0 amide bonds. The van der Waals surface area contributed by atoms with Crippen molar-refractivity contribution in [2.45, 2.75) is 0 Å². The zero-order chi connectivity index (χ0) is 10.0. The van der Waals surface area contributed by atoms with Gasteiger partial charge in [0, 0.05) is 0 Å². The standard InChI is InChI=1S/C6H3Cl3N2O2/c7-4-1-3(10-11(12)13)2-5(8)6(4)9/h1-2,10H. The first-order chi connectivity index (χ1) is 6.00. The van der Waals surface area contributed by atoms with E-state index < -0.39 is 5.03 Å². The molecule has 0 spiro atoms. The van der Waals surface area contributed by atoms with Gasteiger partial charge in [-0.05, 0) is 12.1 Å². The summed E-state index contributed by atoms with van der Waals surface area (Å²) in [4.78, 5) is 10.1. The van der Waals surface area contributed by atoms with E-state index in [1.54, 1.807) is 0 Å². The normalized spacial score (nSPS) is 9.77. The molecular weight excluding hydrogens is 238 g/mol. The first-order valence-corrected chi connectivity index (χ1v) is 4.19. The topological polar surface area (TPSA) is 55.2 Å². The molecule has 70 valence electrons. The van der Waals surface area contributed by atoms with E-state index in [2.05, 4.69) is 0 Å². The minimum absolute atomic E-state index is 0.165. The van der Waals surface area contributed by atoms with Crippen LogP contribution in [0.1, 0.15) is 0 Å². The van der Waals surface area contributed by atoms with Crippen LogP contribution in [0.4, 0.5) is 5.69 Å². The second-order valence-corrected chi connectivity index (χ2v) is 3.32. The Hall–Kier alpha value is -0.710. The fourth-order valence-corrected chi connectivity index (χ4v) is 1.32. The van der Waals surface area contributed by atoms with E-state index in [0.29, 0.717) is 0 Å². The van der Waals surface area contributed by atoms with E-state index in [-0.39, 0.29) is 20.8 Å². The molecule has 0 aliphatic rings. The number of hydrazine groups is 1. The lowest BCUT2D eigenvalue weighted by Gasteiger charge is -2.01. The largest absolute Gasteiger partial charge is 0.235 e. The Morgan fingerprint density at radius 1 is 1.23 bits per heavy atom. The molecule has 0 atom stereocenters. The van der Waals surface area contributed by atoms with E-state index in [1.165, 1.54) is 12.1 Å². The van der Waals surface area contributed by atoms with Crippen molar-refractivity contribution in [1.82, 2.24) is 0 Å². The molecule has 1 aromatic rings. The van der Waals surface area contributed by atoms with E-state index in [1.807, 2.05) is 5.43 Å². The summed E-state index contributed by atoms with van der Waals surface area (Å²) in [5.41, 5.74) is 2.09. The zero-order valence-corrected chi connectivity index (χ0v) is 8.32. The lowest BCUT2D eigenvalue weighted by molar-refractivity contribution is -0.445. The van der Waals surface area contributed by atoms with Crippen LogP contribution in [-0.4, -0.2) is 5.03 Å². The SMILES string of the molecule is O=[N+]([O-])Nc1cc(Cl)c(Cl)c(Cl)c1. The first-order valence-electron chi connectivity index (χ1n) is 3.06. The molecule has 4 nitrogen and oxygen atoms in total. The van der Waals surface area contributed by atoms with Gasteiger partial charge in [0.05, 0.1) is 15.1 Å². The van der Waals surface area contributed by atoms with E-state index in [0.717, 1.165) is 0 Å². The number of hydrogen-bond donors (Lipinski definition) is 1. The van der Waals surface area contributed by atoms with E-state index >= 15 is 0 Å². The number of nitro groups is 1. The number of hydrogen-bond acceptors (Lipinski definition) is 2. The van der Waals surface area contributed by atoms with Gasteiger partial charge in [0.25, 0.3) is 0 Å². The third kappa shape index (κ3) is 2.62. The van der Waals surface area contributed by atoms with Gasteiger partial charge in [-0.25, -0.2) is 10.1 Å². The summed E-state index contributed by atoms with van der Waals surface area (Å²) in [6.45, 7) is 0. The van der Waals surface area contributed by atoms with Crippen LogP contribution in [0.25, 0.3) is 0 Å². The number of nitrogens with zero attached hydrogens (tertiary/aromatic N) is 1. The summed E-state index contributed by atoms with van der Waals surface area (Å²) in [6, 6.07) is 2.64. The van der Waals surface area contributed by atoms with Crippen LogP contribution in [0.2, 0.25) is 15.1 Å². The maximum absolute atomic E-state index is 10.1. The number of halogens is 3. The Bertz CT molecular complexity index is 333. The molecule has 0 unspecified atom stereocenters. The fourth-order valence-electron chi connectivity index (χ4n) is 0.725. The molecule has 1 N–H and O–H groups in total. The second kappa shape index (κ2) is 4.00. The predicted molar refractivity (Wildman–Crippen MR) is 52.1 cm³/mol. The van der Waals surface area contributed by atoms with Crippen molar-refractivity contribution in [3.8, 4) is 0 Å². The van der Waals surface area contributed by atoms with Gasteiger partial charge in [0.1, 0.15) is 5.69 Å². The van der Waals surface area contributed by atoms with Crippen molar-refractivity contribution in [3.63, 3.8) is 0 Å². The Morgan fingerprint density at radius 2 is 1.69 bits per heavy atom. The molecule has 0 fully saturated rings. The molecule has 0 aliphatic heterocycles. The van der Waals surface area contributed by atoms with Gasteiger partial charge in [-0.2, -0.15) is 0 Å². The number of benzene rings is 1. The first kappa shape index (κ1) is 10.4. The molecule has 0 saturated heterocycles. The van der Waals surface area contributed by atoms with Crippen LogP contribution >= 0.6 is 34.8 Å². The maximum atomic E-state index is 10.1. The molecule has 0 aliphatic carbocycles. The minimum Gasteiger partial charge on any atom is -0.235 e. The molecule has 0 bridgehead atoms. The maximum Gasteiger partial charge on any atom is 0.162 e. The van der Waals surface area contributed by atoms with Crippen molar-refractivity contribution >= 4 is 40.5 Å². The molecule has 7 heteroatoms. The zero-order valence-electron chi connectivity index (χ0n) is 6.05. The molecule has 13 heavy (non-hydrogen) atoms. The third-order valence-corrected chi connectivity index (χ3v) is 2.40. The smallest absolute Gasteiger partial charge is 0.162 e. The van der Waals surface area contributed by atoms with Crippen LogP contribution in [0.5, 0.6) is 0 Å². The Kier molecular flexibility index (Phi) is 3.19. The highest BCUT2D eigenvalue weighted by Gasteiger charge is 2.08. The van der Waals surface area contributed by atoms with Crippen LogP contribution in [0, 0.1) is 10.1 Å². The summed E-state index contributed by atoms with van der Waals surface area (Å²) in [7, 11) is 0. The van der Waals surface area contributed by atoms with Crippen molar-refractivity contribution in [3.05, 3.63) is 37.3 Å². The molecule has 1 aromatic carbocycles. The lowest BCUT2D eigenvalue weighted by Crippen LogP contribution is -2.07. The molecular formula is C6H3Cl3N2O2. The van der Waals surface area contributed by atoms with Crippen molar-refractivity contribution in [2.75, 3.05) is 5.43 Å². The number of nitrogens with one attached hydrogen (secondary N) is 1. The van der Waals surface area contributed by atoms with Crippen LogP contribution in [0.3, 0.4) is 0 Å². The van der Waals surface area contributed by atoms with Gasteiger partial charge < -0.3 is 0 Å². The van der Waals surface area contributed by atoms with Crippen molar-refractivity contribution < 1.29 is 5.03 Å². The van der Waals surface area contributed by atoms with Gasteiger partial charge in [-0.3, -0.25) is 0 Å². The quantitative estimate of drug-likeness (QED) is 0.491. The highest BCUT2D eigenvalue weighted by atomic mass is 35.5. The summed E-state index contributed by atoms with van der Waals surface area (Å²) in [5, 5.41) is 9.85. The van der Waals surface area contributed by atoms with Crippen LogP contribution in [-0.2, 0) is 0 Å². The Labute approximate surface area is 88.5 Å². The molecule has 1 rings (SSSR count). The third-order valence-electron chi connectivity index (χ3n) is 1.20. The lowest BCUT2D eigenvalue weighted by atomic mass is 10.3. The Morgan fingerprint density at radius 3 is 2.08 bits per heavy atom. The average molecular weight is 241 g/mol. The number of anilines is 1. The van der Waals surface area contributed by atoms with Crippen molar-refractivity contribution in [2.24, 2.45) is 0 Å². The van der Waals surface area contributed by atoms with Gasteiger partial charge in [0.2, 0.25) is 0 Å².